The predicted octanol–water partition coefficient (Wildman–Crippen LogP) is 4.14. The molecule has 29 heavy (non-hydrogen) atoms. The summed E-state index contributed by atoms with van der Waals surface area (Å²) in [7, 11) is 1.57. The molecule has 1 aliphatic rings. The number of rotatable bonds is 4. The van der Waals surface area contributed by atoms with Gasteiger partial charge in [-0.1, -0.05) is 23.7 Å². The summed E-state index contributed by atoms with van der Waals surface area (Å²) in [4.78, 5) is 25.6. The van der Waals surface area contributed by atoms with Crippen molar-refractivity contribution in [3.63, 3.8) is 0 Å². The summed E-state index contributed by atoms with van der Waals surface area (Å²) in [5.41, 5.74) is 1.15. The van der Waals surface area contributed by atoms with Gasteiger partial charge in [0.05, 0.1) is 18.6 Å². The van der Waals surface area contributed by atoms with E-state index in [0.717, 1.165) is 5.56 Å². The first-order valence-electron chi connectivity index (χ1n) is 8.98. The van der Waals surface area contributed by atoms with Crippen LogP contribution in [0.15, 0.2) is 63.8 Å². The Morgan fingerprint density at radius 2 is 1.79 bits per heavy atom. The van der Waals surface area contributed by atoms with Crippen molar-refractivity contribution in [2.75, 3.05) is 12.4 Å². The van der Waals surface area contributed by atoms with Crippen LogP contribution in [0, 0.1) is 6.92 Å². The van der Waals surface area contributed by atoms with Crippen LogP contribution in [0.1, 0.15) is 22.8 Å². The molecule has 0 unspecified atom stereocenters. The number of aryl methyl sites for hydroxylation is 1. The van der Waals surface area contributed by atoms with Crippen LogP contribution in [0.2, 0.25) is 5.02 Å². The van der Waals surface area contributed by atoms with Crippen molar-refractivity contribution < 1.29 is 18.7 Å². The smallest absolute Gasteiger partial charge is 0.343 e. The Labute approximate surface area is 172 Å². The van der Waals surface area contributed by atoms with E-state index in [0.29, 0.717) is 33.5 Å². The third-order valence-corrected chi connectivity index (χ3v) is 5.04. The highest BCUT2D eigenvalue weighted by atomic mass is 35.5. The molecular formula is C22H18ClNO5. The van der Waals surface area contributed by atoms with Gasteiger partial charge in [-0.15, -0.1) is 0 Å². The Morgan fingerprint density at radius 3 is 2.45 bits per heavy atom. The van der Waals surface area contributed by atoms with Crippen LogP contribution in [0.4, 0.5) is 5.69 Å². The second kappa shape index (κ2) is 7.64. The lowest BCUT2D eigenvalue weighted by atomic mass is 9.88. The van der Waals surface area contributed by atoms with Crippen molar-refractivity contribution in [2.24, 2.45) is 0 Å². The molecule has 6 nitrogen and oxygen atoms in total. The average molecular weight is 412 g/mol. The van der Waals surface area contributed by atoms with Crippen molar-refractivity contribution in [2.45, 2.75) is 18.9 Å². The number of hydrogen-bond donors (Lipinski definition) is 1. The molecule has 0 saturated heterocycles. The maximum atomic E-state index is 13.0. The van der Waals surface area contributed by atoms with Gasteiger partial charge in [0.25, 0.3) is 5.91 Å². The van der Waals surface area contributed by atoms with Gasteiger partial charge in [-0.05, 0) is 48.9 Å². The van der Waals surface area contributed by atoms with E-state index in [1.54, 1.807) is 56.5 Å². The predicted molar refractivity (Wildman–Crippen MR) is 109 cm³/mol. The van der Waals surface area contributed by atoms with Gasteiger partial charge >= 0.3 is 5.63 Å². The van der Waals surface area contributed by atoms with E-state index in [1.807, 2.05) is 12.1 Å². The van der Waals surface area contributed by atoms with Gasteiger partial charge in [0.1, 0.15) is 17.3 Å². The van der Waals surface area contributed by atoms with E-state index in [4.69, 9.17) is 25.5 Å². The van der Waals surface area contributed by atoms with Crippen LogP contribution in [0.25, 0.3) is 0 Å². The summed E-state index contributed by atoms with van der Waals surface area (Å²) in [5.74, 6) is 0.462. The van der Waals surface area contributed by atoms with E-state index in [2.05, 4.69) is 5.32 Å². The zero-order valence-corrected chi connectivity index (χ0v) is 16.5. The molecule has 0 radical (unpaired) electrons. The molecular weight excluding hydrogens is 394 g/mol. The van der Waals surface area contributed by atoms with Crippen LogP contribution >= 0.6 is 11.6 Å². The molecule has 0 spiro atoms. The zero-order chi connectivity index (χ0) is 20.5. The highest BCUT2D eigenvalue weighted by Gasteiger charge is 2.43. The lowest BCUT2D eigenvalue weighted by molar-refractivity contribution is -0.122. The van der Waals surface area contributed by atoms with Gasteiger partial charge in [-0.2, -0.15) is 0 Å². The molecule has 4 rings (SSSR count). The molecule has 1 N–H and O–H groups in total. The number of ether oxygens (including phenoxy) is 2. The van der Waals surface area contributed by atoms with E-state index in [1.165, 1.54) is 0 Å². The topological polar surface area (TPSA) is 77.8 Å². The Hall–Kier alpha value is -3.25. The van der Waals surface area contributed by atoms with Crippen LogP contribution in [-0.4, -0.2) is 19.1 Å². The molecule has 2 aromatic carbocycles. The Kier molecular flexibility index (Phi) is 5.03. The fourth-order valence-electron chi connectivity index (χ4n) is 3.43. The molecule has 0 fully saturated rings. The number of fused-ring (bicyclic) bond motifs is 1. The molecule has 1 aromatic heterocycles. The molecule has 2 atom stereocenters. The molecule has 0 aliphatic carbocycles. The van der Waals surface area contributed by atoms with E-state index in [-0.39, 0.29) is 5.91 Å². The summed E-state index contributed by atoms with van der Waals surface area (Å²) in [6.07, 6.45) is -0.932. The second-order valence-electron chi connectivity index (χ2n) is 6.71. The molecule has 3 aromatic rings. The quantitative estimate of drug-likeness (QED) is 0.698. The van der Waals surface area contributed by atoms with Gasteiger partial charge in [-0.25, -0.2) is 4.79 Å². The standard InChI is InChI=1S/C22H18ClNO5/c1-12-11-17-19(22(26)28-12)18(13-3-9-16(27-2)10-4-13)20(29-17)21(25)24-15-7-5-14(23)6-8-15/h3-11,18,20H,1-2H3,(H,24,25)/t18-,20-/m0/s1. The SMILES string of the molecule is COc1ccc([C@H]2c3c(cc(C)oc3=O)O[C@@H]2C(=O)Nc2ccc(Cl)cc2)cc1. The Balaban J connectivity index is 1.73. The first-order chi connectivity index (χ1) is 14.0. The van der Waals surface area contributed by atoms with Gasteiger partial charge in [0.15, 0.2) is 6.10 Å². The zero-order valence-electron chi connectivity index (χ0n) is 15.8. The fourth-order valence-corrected chi connectivity index (χ4v) is 3.56. The van der Waals surface area contributed by atoms with Crippen molar-refractivity contribution in [1.82, 2.24) is 0 Å². The number of nitrogens with one attached hydrogen (secondary N) is 1. The minimum atomic E-state index is -0.932. The number of benzene rings is 2. The number of amides is 1. The molecule has 1 amide bonds. The average Bonchev–Trinajstić information content (AvgIpc) is 3.09. The van der Waals surface area contributed by atoms with Crippen molar-refractivity contribution in [1.29, 1.82) is 0 Å². The largest absolute Gasteiger partial charge is 0.497 e. The highest BCUT2D eigenvalue weighted by molar-refractivity contribution is 6.30. The molecule has 0 saturated carbocycles. The highest BCUT2D eigenvalue weighted by Crippen LogP contribution is 2.41. The van der Waals surface area contributed by atoms with Gasteiger partial charge in [0.2, 0.25) is 0 Å². The third kappa shape index (κ3) is 3.71. The molecule has 1 aliphatic heterocycles. The van der Waals surface area contributed by atoms with Crippen LogP contribution in [0.5, 0.6) is 11.5 Å². The number of anilines is 1. The summed E-state index contributed by atoms with van der Waals surface area (Å²) < 4.78 is 16.4. The monoisotopic (exact) mass is 411 g/mol. The van der Waals surface area contributed by atoms with Crippen molar-refractivity contribution >= 4 is 23.2 Å². The summed E-state index contributed by atoms with van der Waals surface area (Å²) in [6.45, 7) is 1.66. The Bertz CT molecular complexity index is 1110. The minimum absolute atomic E-state index is 0.331. The summed E-state index contributed by atoms with van der Waals surface area (Å²) in [5, 5.41) is 3.39. The van der Waals surface area contributed by atoms with Crippen LogP contribution < -0.4 is 20.4 Å². The lowest BCUT2D eigenvalue weighted by Crippen LogP contribution is -2.35. The fraction of sp³-hybridized carbons (Fsp3) is 0.182. The van der Waals surface area contributed by atoms with Crippen LogP contribution in [-0.2, 0) is 4.79 Å². The molecule has 7 heteroatoms. The summed E-state index contributed by atoms with van der Waals surface area (Å²) in [6, 6.07) is 15.6. The van der Waals surface area contributed by atoms with E-state index >= 15 is 0 Å². The third-order valence-electron chi connectivity index (χ3n) is 4.79. The van der Waals surface area contributed by atoms with Gasteiger partial charge < -0.3 is 19.2 Å². The van der Waals surface area contributed by atoms with Crippen molar-refractivity contribution in [3.05, 3.63) is 86.9 Å². The number of hydrogen-bond acceptors (Lipinski definition) is 5. The van der Waals surface area contributed by atoms with Crippen LogP contribution in [0.3, 0.4) is 0 Å². The Morgan fingerprint density at radius 1 is 1.10 bits per heavy atom. The second-order valence-corrected chi connectivity index (χ2v) is 7.14. The summed E-state index contributed by atoms with van der Waals surface area (Å²) >= 11 is 5.90. The minimum Gasteiger partial charge on any atom is -0.497 e. The number of methoxy groups -OCH3 is 1. The first-order valence-corrected chi connectivity index (χ1v) is 9.36. The van der Waals surface area contributed by atoms with Gasteiger partial charge in [0, 0.05) is 16.8 Å². The van der Waals surface area contributed by atoms with E-state index in [9.17, 15) is 9.59 Å². The first kappa shape index (κ1) is 19.1. The molecule has 2 heterocycles. The molecule has 0 bridgehead atoms. The normalized spacial score (nSPS) is 17.3. The maximum absolute atomic E-state index is 13.0. The number of halogens is 1. The maximum Gasteiger partial charge on any atom is 0.343 e. The number of carbonyl (C=O) groups excluding carboxylic acids is 1. The lowest BCUT2D eigenvalue weighted by Gasteiger charge is -2.19. The van der Waals surface area contributed by atoms with Gasteiger partial charge in [-0.3, -0.25) is 4.79 Å². The van der Waals surface area contributed by atoms with Crippen molar-refractivity contribution in [3.8, 4) is 11.5 Å². The van der Waals surface area contributed by atoms with E-state index < -0.39 is 17.6 Å². The molecule has 148 valence electrons. The number of carbonyl (C=O) groups is 1.